The van der Waals surface area contributed by atoms with Crippen molar-refractivity contribution in [3.8, 4) is 23.9 Å². The van der Waals surface area contributed by atoms with Gasteiger partial charge < -0.3 is 0 Å². The zero-order valence-electron chi connectivity index (χ0n) is 8.70. The fraction of sp³-hybridized carbons (Fsp3) is 0.100. The molecule has 0 saturated carbocycles. The lowest BCUT2D eigenvalue weighted by molar-refractivity contribution is -0.671. The number of aryl methyl sites for hydroxylation is 1. The van der Waals surface area contributed by atoms with Gasteiger partial charge in [-0.1, -0.05) is 6.07 Å². The van der Waals surface area contributed by atoms with Gasteiger partial charge in [0.2, 0.25) is 0 Å². The van der Waals surface area contributed by atoms with Crippen molar-refractivity contribution in [1.82, 2.24) is 0 Å². The van der Waals surface area contributed by atoms with E-state index in [1.165, 1.54) is 23.9 Å². The van der Waals surface area contributed by atoms with E-state index >= 15 is 0 Å². The van der Waals surface area contributed by atoms with E-state index in [9.17, 15) is 0 Å². The van der Waals surface area contributed by atoms with Crippen LogP contribution in [0.3, 0.4) is 0 Å². The smallest absolute Gasteiger partial charge is 0.245 e. The Morgan fingerprint density at radius 1 is 0.812 bits per heavy atom. The van der Waals surface area contributed by atoms with E-state index in [1.807, 2.05) is 42.2 Å². The summed E-state index contributed by atoms with van der Waals surface area (Å²) in [5.41, 5.74) is 0. The third-order valence-corrected chi connectivity index (χ3v) is 1.64. The van der Waals surface area contributed by atoms with Gasteiger partial charge in [0.15, 0.2) is 12.4 Å². The lowest BCUT2D eigenvalue weighted by atomic mass is 9.30. The summed E-state index contributed by atoms with van der Waals surface area (Å²) in [6.45, 7) is 0. The second-order valence-electron chi connectivity index (χ2n) is 2.92. The van der Waals surface area contributed by atoms with Crippen molar-refractivity contribution in [3.63, 3.8) is 0 Å². The number of hydrogen-bond donors (Lipinski definition) is 0. The lowest BCUT2D eigenvalue weighted by Crippen LogP contribution is -2.26. The summed E-state index contributed by atoms with van der Waals surface area (Å²) in [5.74, 6) is 5.38. The van der Waals surface area contributed by atoms with Crippen LogP contribution in [0.15, 0.2) is 30.6 Å². The molecular formula is C10H8BN5. The molecule has 0 aliphatic heterocycles. The lowest BCUT2D eigenvalue weighted by Gasteiger charge is -1.98. The predicted octanol–water partition coefficient (Wildman–Crippen LogP) is 0.197. The van der Waals surface area contributed by atoms with E-state index < -0.39 is 6.15 Å². The Labute approximate surface area is 93.9 Å². The molecule has 0 aliphatic carbocycles. The molecule has 5 nitrogen and oxygen atoms in total. The molecule has 0 N–H and O–H groups in total. The first-order valence-corrected chi connectivity index (χ1v) is 4.35. The van der Waals surface area contributed by atoms with Gasteiger partial charge in [0.1, 0.15) is 7.05 Å². The maximum atomic E-state index is 8.09. The fourth-order valence-corrected chi connectivity index (χ4v) is 0.658. The molecule has 0 unspecified atom stereocenters. The van der Waals surface area contributed by atoms with Crippen LogP contribution in [0.4, 0.5) is 0 Å². The Balaban J connectivity index is 0.000000288. The summed E-state index contributed by atoms with van der Waals surface area (Å²) in [5, 5.41) is 32.3. The maximum Gasteiger partial charge on any atom is 0.383 e. The van der Waals surface area contributed by atoms with Crippen LogP contribution in [-0.2, 0) is 7.05 Å². The fourth-order valence-electron chi connectivity index (χ4n) is 0.658. The molecule has 1 aromatic rings. The molecule has 0 amide bonds. The Bertz CT molecular complexity index is 436. The normalized spacial score (nSPS) is 8.06. The Morgan fingerprint density at radius 2 is 1.19 bits per heavy atom. The standard InChI is InChI=1S/C6H8N.C4BN4/c1-7-5-3-2-4-6-7;6-1-5(2-7,3-8)4-9/h2-6H,1H3;/q+1;-1. The molecule has 1 heterocycles. The molecule has 0 spiro atoms. The molecule has 0 radical (unpaired) electrons. The molecule has 16 heavy (non-hydrogen) atoms. The van der Waals surface area contributed by atoms with Gasteiger partial charge in [0, 0.05) is 12.1 Å². The molecule has 0 saturated heterocycles. The number of nitriles is 4. The summed E-state index contributed by atoms with van der Waals surface area (Å²) in [7, 11) is 2.00. The third-order valence-electron chi connectivity index (χ3n) is 1.64. The summed E-state index contributed by atoms with van der Waals surface area (Å²) in [6.07, 6.45) is 1.28. The third kappa shape index (κ3) is 3.92. The van der Waals surface area contributed by atoms with Crippen molar-refractivity contribution in [3.05, 3.63) is 30.6 Å². The molecule has 76 valence electrons. The summed E-state index contributed by atoms with van der Waals surface area (Å²) in [4.78, 5) is 0. The number of aromatic nitrogens is 1. The second-order valence-corrected chi connectivity index (χ2v) is 2.92. The zero-order chi connectivity index (χ0) is 12.4. The van der Waals surface area contributed by atoms with E-state index in [2.05, 4.69) is 0 Å². The average Bonchev–Trinajstić information content (AvgIpc) is 2.35. The van der Waals surface area contributed by atoms with E-state index in [0.717, 1.165) is 0 Å². The Hall–Kier alpha value is -2.83. The highest BCUT2D eigenvalue weighted by molar-refractivity contribution is 7.05. The molecule has 1 aromatic heterocycles. The molecule has 1 rings (SSSR count). The van der Waals surface area contributed by atoms with Crippen LogP contribution in [0.5, 0.6) is 0 Å². The number of rotatable bonds is 0. The molecule has 0 aromatic carbocycles. The first kappa shape index (κ1) is 13.2. The van der Waals surface area contributed by atoms with Crippen LogP contribution < -0.4 is 4.57 Å². The van der Waals surface area contributed by atoms with E-state index in [1.54, 1.807) is 0 Å². The van der Waals surface area contributed by atoms with Crippen molar-refractivity contribution < 1.29 is 4.57 Å². The largest absolute Gasteiger partial charge is 0.383 e. The first-order chi connectivity index (χ1) is 7.64. The van der Waals surface area contributed by atoms with Crippen molar-refractivity contribution >= 4 is 6.15 Å². The van der Waals surface area contributed by atoms with Gasteiger partial charge in [-0.2, -0.15) is 0 Å². The second kappa shape index (κ2) is 6.60. The van der Waals surface area contributed by atoms with Crippen LogP contribution in [0.1, 0.15) is 0 Å². The molecular weight excluding hydrogens is 201 g/mol. The van der Waals surface area contributed by atoms with Gasteiger partial charge in [-0.25, -0.2) is 25.6 Å². The number of pyridine rings is 1. The van der Waals surface area contributed by atoms with Gasteiger partial charge >= 0.3 is 6.15 Å². The van der Waals surface area contributed by atoms with Crippen molar-refractivity contribution in [2.75, 3.05) is 0 Å². The van der Waals surface area contributed by atoms with Crippen LogP contribution in [0, 0.1) is 44.9 Å². The van der Waals surface area contributed by atoms with E-state index in [4.69, 9.17) is 21.0 Å². The molecule has 0 fully saturated rings. The number of hydrogen-bond acceptors (Lipinski definition) is 4. The van der Waals surface area contributed by atoms with Gasteiger partial charge in [-0.05, 0) is 0 Å². The predicted molar refractivity (Wildman–Crippen MR) is 55.8 cm³/mol. The van der Waals surface area contributed by atoms with Crippen molar-refractivity contribution in [2.24, 2.45) is 7.05 Å². The van der Waals surface area contributed by atoms with Gasteiger partial charge in [0.25, 0.3) is 0 Å². The van der Waals surface area contributed by atoms with Crippen molar-refractivity contribution in [1.29, 1.82) is 21.0 Å². The topological polar surface area (TPSA) is 99.0 Å². The van der Waals surface area contributed by atoms with Crippen LogP contribution >= 0.6 is 0 Å². The van der Waals surface area contributed by atoms with Gasteiger partial charge in [0.05, 0.1) is 0 Å². The van der Waals surface area contributed by atoms with E-state index in [0.29, 0.717) is 0 Å². The first-order valence-electron chi connectivity index (χ1n) is 4.35. The highest BCUT2D eigenvalue weighted by atomic mass is 14.9. The van der Waals surface area contributed by atoms with Gasteiger partial charge in [-0.3, -0.25) is 0 Å². The van der Waals surface area contributed by atoms with Crippen LogP contribution in [-0.4, -0.2) is 6.15 Å². The highest BCUT2D eigenvalue weighted by Gasteiger charge is 2.22. The minimum Gasteiger partial charge on any atom is -0.245 e. The minimum atomic E-state index is -2.72. The molecule has 0 bridgehead atoms. The minimum absolute atomic E-state index is 1.34. The average molecular weight is 209 g/mol. The number of nitrogens with zero attached hydrogens (tertiary/aromatic N) is 5. The van der Waals surface area contributed by atoms with E-state index in [-0.39, 0.29) is 0 Å². The Morgan fingerprint density at radius 3 is 1.31 bits per heavy atom. The summed E-state index contributed by atoms with van der Waals surface area (Å²) < 4.78 is 2.00. The Kier molecular flexibility index (Phi) is 5.44. The summed E-state index contributed by atoms with van der Waals surface area (Å²) >= 11 is 0. The monoisotopic (exact) mass is 209 g/mol. The molecule has 0 atom stereocenters. The summed E-state index contributed by atoms with van der Waals surface area (Å²) in [6, 6.07) is 6.00. The molecule has 0 aliphatic rings. The van der Waals surface area contributed by atoms with Gasteiger partial charge in [-0.15, -0.1) is 23.9 Å². The quantitative estimate of drug-likeness (QED) is 0.449. The zero-order valence-corrected chi connectivity index (χ0v) is 8.70. The van der Waals surface area contributed by atoms with Crippen LogP contribution in [0.25, 0.3) is 0 Å². The van der Waals surface area contributed by atoms with Crippen LogP contribution in [0.2, 0.25) is 0 Å². The van der Waals surface area contributed by atoms with Crippen molar-refractivity contribution in [2.45, 2.75) is 0 Å². The molecule has 6 heteroatoms. The SMILES string of the molecule is C[n+]1ccccc1.N#C[B-](C#N)(C#N)C#N. The maximum absolute atomic E-state index is 8.09. The highest BCUT2D eigenvalue weighted by Crippen LogP contribution is 1.92.